The van der Waals surface area contributed by atoms with Gasteiger partial charge < -0.3 is 10.6 Å². The summed E-state index contributed by atoms with van der Waals surface area (Å²) >= 11 is 0. The molecular weight excluding hydrogens is 342 g/mol. The molecule has 2 amide bonds. The van der Waals surface area contributed by atoms with E-state index in [0.29, 0.717) is 32.4 Å². The van der Waals surface area contributed by atoms with E-state index >= 15 is 0 Å². The summed E-state index contributed by atoms with van der Waals surface area (Å²) in [4.78, 5) is 34.9. The molecule has 0 saturated carbocycles. The summed E-state index contributed by atoms with van der Waals surface area (Å²) in [6, 6.07) is 7.43. The van der Waals surface area contributed by atoms with Crippen LogP contribution in [-0.4, -0.2) is 52.4 Å². The van der Waals surface area contributed by atoms with Crippen LogP contribution >= 0.6 is 0 Å². The highest BCUT2D eigenvalue weighted by Gasteiger charge is 2.36. The summed E-state index contributed by atoms with van der Waals surface area (Å²) in [5.74, 6) is -0.0197. The van der Waals surface area contributed by atoms with Gasteiger partial charge in [0, 0.05) is 57.4 Å². The number of hydrogen-bond donors (Lipinski definition) is 2. The monoisotopic (exact) mass is 367 g/mol. The Morgan fingerprint density at radius 3 is 2.48 bits per heavy atom. The number of carbonyl (C=O) groups is 2. The van der Waals surface area contributed by atoms with Crippen molar-refractivity contribution in [2.45, 2.75) is 37.9 Å². The van der Waals surface area contributed by atoms with E-state index in [4.69, 9.17) is 0 Å². The van der Waals surface area contributed by atoms with Crippen molar-refractivity contribution in [3.05, 3.63) is 60.2 Å². The van der Waals surface area contributed by atoms with Crippen molar-refractivity contribution in [3.8, 4) is 0 Å². The molecule has 27 heavy (non-hydrogen) atoms. The van der Waals surface area contributed by atoms with Gasteiger partial charge in [0.1, 0.15) is 0 Å². The van der Waals surface area contributed by atoms with Gasteiger partial charge >= 0.3 is 0 Å². The molecule has 1 saturated heterocycles. The normalized spacial score (nSPS) is 19.6. The Labute approximate surface area is 159 Å². The number of hydrogen-bond acceptors (Lipinski definition) is 5. The molecule has 2 aromatic heterocycles. The zero-order chi connectivity index (χ0) is 19.1. The quantitative estimate of drug-likeness (QED) is 0.760. The number of pyridine rings is 2. The number of likely N-dealkylation sites (tertiary alicyclic amines) is 1. The number of carbonyl (C=O) groups excluding carboxylic acids is 2. The zero-order valence-electron chi connectivity index (χ0n) is 15.5. The van der Waals surface area contributed by atoms with E-state index in [1.54, 1.807) is 31.8 Å². The Hall–Kier alpha value is -2.80. The molecular formula is C20H25N5O2. The minimum absolute atomic E-state index is 0.00253. The minimum atomic E-state index is -0.251. The van der Waals surface area contributed by atoms with Crippen molar-refractivity contribution in [2.75, 3.05) is 13.6 Å². The summed E-state index contributed by atoms with van der Waals surface area (Å²) in [6.45, 7) is 1.28. The lowest BCUT2D eigenvalue weighted by atomic mass is 10.1. The van der Waals surface area contributed by atoms with Crippen LogP contribution in [-0.2, 0) is 22.6 Å². The molecule has 3 rings (SSSR count). The van der Waals surface area contributed by atoms with E-state index in [1.165, 1.54) is 0 Å². The third-order valence-electron chi connectivity index (χ3n) is 4.79. The fourth-order valence-electron chi connectivity index (χ4n) is 3.45. The van der Waals surface area contributed by atoms with Crippen molar-refractivity contribution < 1.29 is 9.59 Å². The summed E-state index contributed by atoms with van der Waals surface area (Å²) in [6.07, 6.45) is 8.71. The Bertz CT molecular complexity index is 753. The summed E-state index contributed by atoms with van der Waals surface area (Å²) in [5.41, 5.74) is 2.09. The van der Waals surface area contributed by atoms with Gasteiger partial charge in [-0.1, -0.05) is 12.1 Å². The van der Waals surface area contributed by atoms with E-state index in [2.05, 4.69) is 25.5 Å². The molecule has 2 unspecified atom stereocenters. The molecule has 1 fully saturated rings. The predicted octanol–water partition coefficient (Wildman–Crippen LogP) is 0.915. The number of rotatable bonds is 7. The van der Waals surface area contributed by atoms with Gasteiger partial charge in [-0.05, 0) is 36.1 Å². The van der Waals surface area contributed by atoms with Crippen molar-refractivity contribution in [1.29, 1.82) is 0 Å². The van der Waals surface area contributed by atoms with Crippen LogP contribution in [0, 0.1) is 0 Å². The fourth-order valence-corrected chi connectivity index (χ4v) is 3.45. The molecule has 7 nitrogen and oxygen atoms in total. The van der Waals surface area contributed by atoms with Gasteiger partial charge in [0.15, 0.2) is 0 Å². The third kappa shape index (κ3) is 5.34. The first-order valence-electron chi connectivity index (χ1n) is 9.18. The highest BCUT2D eigenvalue weighted by atomic mass is 16.2. The number of aromatic nitrogens is 2. The van der Waals surface area contributed by atoms with Crippen molar-refractivity contribution >= 4 is 11.8 Å². The Morgan fingerprint density at radius 2 is 1.85 bits per heavy atom. The summed E-state index contributed by atoms with van der Waals surface area (Å²) in [5, 5.41) is 5.80. The number of amides is 2. The maximum atomic E-state index is 12.3. The molecule has 142 valence electrons. The molecule has 0 aliphatic carbocycles. The lowest BCUT2D eigenvalue weighted by Gasteiger charge is -2.22. The molecule has 2 atom stereocenters. The van der Waals surface area contributed by atoms with Gasteiger partial charge in [-0.25, -0.2) is 0 Å². The molecule has 2 aromatic rings. The lowest BCUT2D eigenvalue weighted by molar-refractivity contribution is -0.125. The van der Waals surface area contributed by atoms with E-state index in [-0.39, 0.29) is 23.9 Å². The number of aryl methyl sites for hydroxylation is 1. The average molecular weight is 367 g/mol. The predicted molar refractivity (Wildman–Crippen MR) is 102 cm³/mol. The largest absolute Gasteiger partial charge is 0.358 e. The molecule has 1 aliphatic heterocycles. The van der Waals surface area contributed by atoms with E-state index < -0.39 is 0 Å². The lowest BCUT2D eigenvalue weighted by Crippen LogP contribution is -2.41. The number of nitrogens with one attached hydrogen (secondary N) is 2. The first-order valence-corrected chi connectivity index (χ1v) is 9.18. The molecule has 0 aromatic carbocycles. The van der Waals surface area contributed by atoms with Crippen LogP contribution in [0.3, 0.4) is 0 Å². The van der Waals surface area contributed by atoms with Gasteiger partial charge in [-0.15, -0.1) is 0 Å². The van der Waals surface area contributed by atoms with Crippen LogP contribution in [0.2, 0.25) is 0 Å². The molecule has 1 aliphatic rings. The van der Waals surface area contributed by atoms with Gasteiger partial charge in [-0.3, -0.25) is 24.5 Å². The molecule has 3 heterocycles. The second kappa shape index (κ2) is 9.23. The second-order valence-electron chi connectivity index (χ2n) is 6.78. The van der Waals surface area contributed by atoms with Gasteiger partial charge in [0.05, 0.1) is 6.04 Å². The first-order chi connectivity index (χ1) is 13.2. The van der Waals surface area contributed by atoms with Crippen molar-refractivity contribution in [1.82, 2.24) is 25.5 Å². The van der Waals surface area contributed by atoms with Crippen molar-refractivity contribution in [2.24, 2.45) is 0 Å². The Balaban J connectivity index is 1.56. The van der Waals surface area contributed by atoms with Gasteiger partial charge in [0.25, 0.3) is 0 Å². The minimum Gasteiger partial charge on any atom is -0.358 e. The Kier molecular flexibility index (Phi) is 6.49. The third-order valence-corrected chi connectivity index (χ3v) is 4.79. The van der Waals surface area contributed by atoms with Crippen LogP contribution in [0.25, 0.3) is 0 Å². The topological polar surface area (TPSA) is 87.2 Å². The van der Waals surface area contributed by atoms with Crippen molar-refractivity contribution in [3.63, 3.8) is 0 Å². The summed E-state index contributed by atoms with van der Waals surface area (Å²) < 4.78 is 0. The van der Waals surface area contributed by atoms with Crippen LogP contribution in [0.15, 0.2) is 49.1 Å². The smallest absolute Gasteiger partial charge is 0.237 e. The van der Waals surface area contributed by atoms with Gasteiger partial charge in [0.2, 0.25) is 11.8 Å². The SMILES string of the molecule is CNC(=O)C1CC(NC(=O)CCc2cccnc2)CN1Cc1cccnc1. The molecule has 0 bridgehead atoms. The van der Waals surface area contributed by atoms with E-state index in [1.807, 2.05) is 24.3 Å². The van der Waals surface area contributed by atoms with Crippen LogP contribution in [0.5, 0.6) is 0 Å². The fraction of sp³-hybridized carbons (Fsp3) is 0.400. The maximum absolute atomic E-state index is 12.3. The summed E-state index contributed by atoms with van der Waals surface area (Å²) in [7, 11) is 1.64. The maximum Gasteiger partial charge on any atom is 0.237 e. The first kappa shape index (κ1) is 19.0. The average Bonchev–Trinajstić information content (AvgIpc) is 3.09. The zero-order valence-corrected chi connectivity index (χ0v) is 15.5. The number of nitrogens with zero attached hydrogens (tertiary/aromatic N) is 3. The van der Waals surface area contributed by atoms with Gasteiger partial charge in [-0.2, -0.15) is 0 Å². The van der Waals surface area contributed by atoms with Crippen LogP contribution in [0.4, 0.5) is 0 Å². The molecule has 7 heteroatoms. The Morgan fingerprint density at radius 1 is 1.15 bits per heavy atom. The second-order valence-corrected chi connectivity index (χ2v) is 6.78. The molecule has 2 N–H and O–H groups in total. The molecule has 0 radical (unpaired) electrons. The van der Waals surface area contributed by atoms with E-state index in [0.717, 1.165) is 11.1 Å². The highest BCUT2D eigenvalue weighted by molar-refractivity contribution is 5.82. The standard InChI is InChI=1S/C20H25N5O2/c1-21-20(27)18-10-17(14-25(18)13-16-5-3-9-23-12-16)24-19(26)7-6-15-4-2-8-22-11-15/h2-5,8-9,11-12,17-18H,6-7,10,13-14H2,1H3,(H,21,27)(H,24,26). The number of likely N-dealkylation sites (N-methyl/N-ethyl adjacent to an activating group) is 1. The van der Waals surface area contributed by atoms with Crippen LogP contribution in [0.1, 0.15) is 24.0 Å². The highest BCUT2D eigenvalue weighted by Crippen LogP contribution is 2.21. The van der Waals surface area contributed by atoms with E-state index in [9.17, 15) is 9.59 Å². The molecule has 0 spiro atoms. The van der Waals surface area contributed by atoms with Crippen LogP contribution < -0.4 is 10.6 Å².